The molecule has 0 fully saturated rings. The molecule has 1 aromatic carbocycles. The summed E-state index contributed by atoms with van der Waals surface area (Å²) in [6.45, 7) is 2.42. The molecule has 2 aromatic rings. The zero-order valence-corrected chi connectivity index (χ0v) is 16.8. The molecule has 1 amide bonds. The number of carbonyl (C=O) groups excluding carboxylic acids is 1. The van der Waals surface area contributed by atoms with Gasteiger partial charge in [-0.15, -0.1) is 11.8 Å². The Morgan fingerprint density at radius 2 is 2.31 bits per heavy atom. The molecule has 3 rings (SSSR count). The van der Waals surface area contributed by atoms with Crippen LogP contribution in [0.15, 0.2) is 33.0 Å². The topological polar surface area (TPSA) is 73.2 Å². The van der Waals surface area contributed by atoms with Crippen LogP contribution >= 0.6 is 35.1 Å². The highest BCUT2D eigenvalue weighted by Gasteiger charge is 2.21. The highest BCUT2D eigenvalue weighted by atomic mass is 35.5. The van der Waals surface area contributed by atoms with Crippen molar-refractivity contribution in [3.05, 3.63) is 39.3 Å². The van der Waals surface area contributed by atoms with E-state index in [0.717, 1.165) is 22.8 Å². The van der Waals surface area contributed by atoms with Gasteiger partial charge in [0.05, 0.1) is 29.1 Å². The van der Waals surface area contributed by atoms with Crippen LogP contribution in [0.4, 0.5) is 5.69 Å². The lowest BCUT2D eigenvalue weighted by Gasteiger charge is -2.13. The lowest BCUT2D eigenvalue weighted by Crippen LogP contribution is -2.25. The van der Waals surface area contributed by atoms with E-state index < -0.39 is 0 Å². The van der Waals surface area contributed by atoms with Crippen LogP contribution in [0.2, 0.25) is 5.02 Å². The van der Waals surface area contributed by atoms with Crippen LogP contribution in [0.5, 0.6) is 5.75 Å². The maximum atomic E-state index is 12.5. The number of ether oxygens (including phenoxy) is 1. The molecule has 0 saturated heterocycles. The largest absolute Gasteiger partial charge is 0.495 e. The molecule has 138 valence electrons. The Morgan fingerprint density at radius 3 is 3.04 bits per heavy atom. The molecular formula is C17H18ClN3O3S2. The Bertz CT molecular complexity index is 902. The number of halogens is 1. The SMILES string of the molecule is CCn1c(SCC(=O)Nc2cc(Cl)ccc2OC)nc2c(c1=O)SCC2. The first kappa shape index (κ1) is 19.1. The first-order valence-corrected chi connectivity index (χ1v) is 10.4. The van der Waals surface area contributed by atoms with Crippen LogP contribution in [0.1, 0.15) is 12.6 Å². The number of methoxy groups -OCH3 is 1. The van der Waals surface area contributed by atoms with E-state index in [0.29, 0.717) is 28.2 Å². The number of nitrogens with zero attached hydrogens (tertiary/aromatic N) is 2. The number of hydrogen-bond donors (Lipinski definition) is 1. The van der Waals surface area contributed by atoms with E-state index in [1.54, 1.807) is 34.5 Å². The van der Waals surface area contributed by atoms with Gasteiger partial charge in [-0.1, -0.05) is 23.4 Å². The molecule has 0 saturated carbocycles. The summed E-state index contributed by atoms with van der Waals surface area (Å²) in [5, 5.41) is 3.87. The summed E-state index contributed by atoms with van der Waals surface area (Å²) in [4.78, 5) is 30.2. The molecular weight excluding hydrogens is 394 g/mol. The number of nitrogens with one attached hydrogen (secondary N) is 1. The van der Waals surface area contributed by atoms with E-state index in [2.05, 4.69) is 10.3 Å². The van der Waals surface area contributed by atoms with Crippen LogP contribution in [0.3, 0.4) is 0 Å². The molecule has 2 heterocycles. The van der Waals surface area contributed by atoms with E-state index in [9.17, 15) is 9.59 Å². The van der Waals surface area contributed by atoms with E-state index in [1.807, 2.05) is 6.92 Å². The van der Waals surface area contributed by atoms with Gasteiger partial charge in [-0.05, 0) is 25.1 Å². The molecule has 0 unspecified atom stereocenters. The molecule has 26 heavy (non-hydrogen) atoms. The van der Waals surface area contributed by atoms with E-state index in [4.69, 9.17) is 16.3 Å². The maximum Gasteiger partial charge on any atom is 0.268 e. The van der Waals surface area contributed by atoms with Crippen molar-refractivity contribution >= 4 is 46.7 Å². The summed E-state index contributed by atoms with van der Waals surface area (Å²) in [6, 6.07) is 5.02. The average Bonchev–Trinajstić information content (AvgIpc) is 3.09. The van der Waals surface area contributed by atoms with Crippen LogP contribution < -0.4 is 15.6 Å². The van der Waals surface area contributed by atoms with Crippen molar-refractivity contribution in [2.75, 3.05) is 23.9 Å². The fourth-order valence-corrected chi connectivity index (χ4v) is 4.70. The van der Waals surface area contributed by atoms with Gasteiger partial charge in [0, 0.05) is 23.7 Å². The number of benzene rings is 1. The monoisotopic (exact) mass is 411 g/mol. The van der Waals surface area contributed by atoms with Crippen LogP contribution in [0, 0.1) is 0 Å². The van der Waals surface area contributed by atoms with Crippen molar-refractivity contribution in [3.8, 4) is 5.75 Å². The second-order valence-corrected chi connectivity index (χ2v) is 7.98. The number of amides is 1. The third-order valence-electron chi connectivity index (χ3n) is 3.83. The number of aryl methyl sites for hydroxylation is 1. The minimum absolute atomic E-state index is 0.0144. The third-order valence-corrected chi connectivity index (χ3v) is 6.15. The first-order chi connectivity index (χ1) is 12.5. The summed E-state index contributed by atoms with van der Waals surface area (Å²) >= 11 is 8.79. The molecule has 0 atom stereocenters. The number of thioether (sulfide) groups is 2. The standard InChI is InChI=1S/C17H18ClN3O3S2/c1-3-21-16(23)15-11(6-7-25-15)20-17(21)26-9-14(22)19-12-8-10(18)4-5-13(12)24-2/h4-5,8H,3,6-7,9H2,1-2H3,(H,19,22). The minimum atomic E-state index is -0.220. The highest BCUT2D eigenvalue weighted by Crippen LogP contribution is 2.30. The molecule has 1 aliphatic rings. The molecule has 0 radical (unpaired) electrons. The first-order valence-electron chi connectivity index (χ1n) is 8.06. The van der Waals surface area contributed by atoms with Crippen molar-refractivity contribution in [3.63, 3.8) is 0 Å². The van der Waals surface area contributed by atoms with Crippen LogP contribution in [-0.2, 0) is 17.8 Å². The Labute approximate surface area is 164 Å². The number of aromatic nitrogens is 2. The number of anilines is 1. The average molecular weight is 412 g/mol. The lowest BCUT2D eigenvalue weighted by molar-refractivity contribution is -0.113. The summed E-state index contributed by atoms with van der Waals surface area (Å²) in [7, 11) is 1.53. The van der Waals surface area contributed by atoms with Gasteiger partial charge in [-0.25, -0.2) is 4.98 Å². The summed E-state index contributed by atoms with van der Waals surface area (Å²) in [5.41, 5.74) is 1.33. The Kier molecular flexibility index (Phi) is 6.16. The van der Waals surface area contributed by atoms with Gasteiger partial charge in [0.25, 0.3) is 5.56 Å². The second-order valence-electron chi connectivity index (χ2n) is 5.50. The molecule has 0 aliphatic carbocycles. The number of rotatable bonds is 6. The second kappa shape index (κ2) is 8.37. The molecule has 1 N–H and O–H groups in total. The van der Waals surface area contributed by atoms with Gasteiger partial charge in [-0.2, -0.15) is 0 Å². The van der Waals surface area contributed by atoms with Gasteiger partial charge in [0.1, 0.15) is 5.75 Å². The van der Waals surface area contributed by atoms with Gasteiger partial charge in [0.15, 0.2) is 5.16 Å². The van der Waals surface area contributed by atoms with Crippen molar-refractivity contribution < 1.29 is 9.53 Å². The smallest absolute Gasteiger partial charge is 0.268 e. The van der Waals surface area contributed by atoms with Gasteiger partial charge in [-0.3, -0.25) is 14.2 Å². The van der Waals surface area contributed by atoms with Crippen molar-refractivity contribution in [2.45, 2.75) is 29.9 Å². The van der Waals surface area contributed by atoms with E-state index in [-0.39, 0.29) is 17.2 Å². The third kappa shape index (κ3) is 4.02. The van der Waals surface area contributed by atoms with Gasteiger partial charge in [0.2, 0.25) is 5.91 Å². The normalized spacial score (nSPS) is 12.7. The lowest BCUT2D eigenvalue weighted by atomic mass is 10.3. The Hall–Kier alpha value is -1.64. The van der Waals surface area contributed by atoms with Crippen molar-refractivity contribution in [1.82, 2.24) is 9.55 Å². The molecule has 1 aliphatic heterocycles. The van der Waals surface area contributed by atoms with Crippen LogP contribution in [-0.4, -0.2) is 34.1 Å². The highest BCUT2D eigenvalue weighted by molar-refractivity contribution is 8.00. The zero-order valence-electron chi connectivity index (χ0n) is 14.4. The predicted molar refractivity (Wildman–Crippen MR) is 106 cm³/mol. The summed E-state index contributed by atoms with van der Waals surface area (Å²) < 4.78 is 6.85. The van der Waals surface area contributed by atoms with E-state index >= 15 is 0 Å². The Morgan fingerprint density at radius 1 is 1.50 bits per heavy atom. The molecule has 0 spiro atoms. The van der Waals surface area contributed by atoms with Gasteiger partial charge < -0.3 is 10.1 Å². The summed E-state index contributed by atoms with van der Waals surface area (Å²) in [5.74, 6) is 1.33. The van der Waals surface area contributed by atoms with E-state index in [1.165, 1.54) is 18.9 Å². The fraction of sp³-hybridized carbons (Fsp3) is 0.353. The summed E-state index contributed by atoms with van der Waals surface area (Å²) in [6.07, 6.45) is 0.791. The van der Waals surface area contributed by atoms with Gasteiger partial charge >= 0.3 is 0 Å². The molecule has 6 nitrogen and oxygen atoms in total. The number of carbonyl (C=O) groups is 1. The quantitative estimate of drug-likeness (QED) is 0.580. The molecule has 0 bridgehead atoms. The maximum absolute atomic E-state index is 12.5. The van der Waals surface area contributed by atoms with Crippen molar-refractivity contribution in [1.29, 1.82) is 0 Å². The molecule has 9 heteroatoms. The molecule has 1 aromatic heterocycles. The predicted octanol–water partition coefficient (Wildman–Crippen LogP) is 3.30. The zero-order chi connectivity index (χ0) is 18.7. The van der Waals surface area contributed by atoms with Crippen molar-refractivity contribution in [2.24, 2.45) is 0 Å². The fourth-order valence-electron chi connectivity index (χ4n) is 2.61. The minimum Gasteiger partial charge on any atom is -0.495 e. The number of hydrogen-bond acceptors (Lipinski definition) is 6. The number of fused-ring (bicyclic) bond motifs is 1. The van der Waals surface area contributed by atoms with Crippen LogP contribution in [0.25, 0.3) is 0 Å². The Balaban J connectivity index is 1.74.